The van der Waals surface area contributed by atoms with Crippen molar-refractivity contribution in [2.45, 2.75) is 26.3 Å². The minimum Gasteiger partial charge on any atom is -0.497 e. The lowest BCUT2D eigenvalue weighted by Gasteiger charge is -2.28. The van der Waals surface area contributed by atoms with E-state index in [0.717, 1.165) is 35.3 Å². The van der Waals surface area contributed by atoms with Crippen molar-refractivity contribution in [1.82, 2.24) is 4.98 Å². The summed E-state index contributed by atoms with van der Waals surface area (Å²) < 4.78 is 5.28. The quantitative estimate of drug-likeness (QED) is 0.750. The van der Waals surface area contributed by atoms with Gasteiger partial charge in [-0.2, -0.15) is 0 Å². The van der Waals surface area contributed by atoms with Gasteiger partial charge in [-0.05, 0) is 49.9 Å². The zero-order valence-corrected chi connectivity index (χ0v) is 13.0. The minimum atomic E-state index is 0.387. The van der Waals surface area contributed by atoms with Gasteiger partial charge in [0.1, 0.15) is 11.6 Å². The summed E-state index contributed by atoms with van der Waals surface area (Å²) in [4.78, 5) is 6.88. The van der Waals surface area contributed by atoms with E-state index in [1.165, 1.54) is 0 Å². The Balaban J connectivity index is 2.46. The number of hydrogen-bond acceptors (Lipinski definition) is 3. The highest BCUT2D eigenvalue weighted by atomic mass is 35.5. The first-order chi connectivity index (χ1) is 9.67. The Bertz CT molecular complexity index is 571. The minimum absolute atomic E-state index is 0.387. The molecule has 0 bridgehead atoms. The molecule has 0 aliphatic carbocycles. The molecule has 2 rings (SSSR count). The molecule has 2 aromatic rings. The fourth-order valence-electron chi connectivity index (χ4n) is 2.33. The summed E-state index contributed by atoms with van der Waals surface area (Å²) in [6.45, 7) is 5.27. The maximum Gasteiger partial charge on any atom is 0.136 e. The summed E-state index contributed by atoms with van der Waals surface area (Å²) in [7, 11) is 1.68. The molecular formula is C16H21ClN2O. The number of pyridine rings is 1. The van der Waals surface area contributed by atoms with Gasteiger partial charge in [0.2, 0.25) is 0 Å². The molecule has 1 aromatic carbocycles. The van der Waals surface area contributed by atoms with Crippen molar-refractivity contribution < 1.29 is 4.74 Å². The van der Waals surface area contributed by atoms with Crippen LogP contribution in [0.3, 0.4) is 0 Å². The van der Waals surface area contributed by atoms with E-state index < -0.39 is 0 Å². The fourth-order valence-corrected chi connectivity index (χ4v) is 2.45. The average molecular weight is 293 g/mol. The Morgan fingerprint density at radius 2 is 2.10 bits per heavy atom. The summed E-state index contributed by atoms with van der Waals surface area (Å²) in [5.74, 6) is 2.55. The van der Waals surface area contributed by atoms with Crippen LogP contribution in [0.5, 0.6) is 5.75 Å². The van der Waals surface area contributed by atoms with Gasteiger partial charge in [0.15, 0.2) is 0 Å². The Morgan fingerprint density at radius 1 is 1.30 bits per heavy atom. The Hall–Kier alpha value is -1.48. The second kappa shape index (κ2) is 6.80. The molecule has 20 heavy (non-hydrogen) atoms. The third-order valence-corrected chi connectivity index (χ3v) is 3.65. The number of ether oxygens (including phenoxy) is 1. The first-order valence-corrected chi connectivity index (χ1v) is 7.46. The second-order valence-electron chi connectivity index (χ2n) is 5.05. The van der Waals surface area contributed by atoms with Gasteiger partial charge >= 0.3 is 0 Å². The Morgan fingerprint density at radius 3 is 2.75 bits per heavy atom. The van der Waals surface area contributed by atoms with Crippen LogP contribution in [-0.2, 0) is 0 Å². The van der Waals surface area contributed by atoms with Crippen molar-refractivity contribution >= 4 is 28.2 Å². The molecule has 0 saturated heterocycles. The standard InChI is InChI=1S/C16H21ClN2O/c1-12(2)19(10-4-8-17)16-15-6-5-14(20-3)11-13(15)7-9-18-16/h5-7,9,11-12H,4,8,10H2,1-3H3. The van der Waals surface area contributed by atoms with Gasteiger partial charge in [0.05, 0.1) is 7.11 Å². The Kier molecular flexibility index (Phi) is 5.07. The smallest absolute Gasteiger partial charge is 0.136 e. The molecule has 0 N–H and O–H groups in total. The first-order valence-electron chi connectivity index (χ1n) is 6.92. The van der Waals surface area contributed by atoms with Gasteiger partial charge in [-0.1, -0.05) is 0 Å². The van der Waals surface area contributed by atoms with E-state index >= 15 is 0 Å². The van der Waals surface area contributed by atoms with Crippen molar-refractivity contribution in [1.29, 1.82) is 0 Å². The number of aromatic nitrogens is 1. The Labute approximate surface area is 125 Å². The fraction of sp³-hybridized carbons (Fsp3) is 0.438. The van der Waals surface area contributed by atoms with Crippen LogP contribution in [0.15, 0.2) is 30.5 Å². The number of methoxy groups -OCH3 is 1. The molecule has 0 spiro atoms. The number of halogens is 1. The van der Waals surface area contributed by atoms with Crippen molar-refractivity contribution in [2.75, 3.05) is 24.4 Å². The number of anilines is 1. The zero-order chi connectivity index (χ0) is 14.5. The largest absolute Gasteiger partial charge is 0.497 e. The molecule has 0 aliphatic heterocycles. The summed E-state index contributed by atoms with van der Waals surface area (Å²) >= 11 is 5.83. The van der Waals surface area contributed by atoms with Crippen LogP contribution in [0.25, 0.3) is 10.8 Å². The number of rotatable bonds is 6. The third-order valence-electron chi connectivity index (χ3n) is 3.38. The first kappa shape index (κ1) is 14.9. The van der Waals surface area contributed by atoms with Crippen LogP contribution in [0.4, 0.5) is 5.82 Å². The van der Waals surface area contributed by atoms with Crippen molar-refractivity contribution in [3.8, 4) is 5.75 Å². The topological polar surface area (TPSA) is 25.4 Å². The molecule has 1 aromatic heterocycles. The summed E-state index contributed by atoms with van der Waals surface area (Å²) in [6, 6.07) is 8.50. The van der Waals surface area contributed by atoms with E-state index in [9.17, 15) is 0 Å². The molecule has 0 saturated carbocycles. The van der Waals surface area contributed by atoms with Gasteiger partial charge in [0.25, 0.3) is 0 Å². The van der Waals surface area contributed by atoms with Crippen LogP contribution in [0.1, 0.15) is 20.3 Å². The molecule has 0 unspecified atom stereocenters. The maximum atomic E-state index is 5.83. The number of fused-ring (bicyclic) bond motifs is 1. The zero-order valence-electron chi connectivity index (χ0n) is 12.3. The third kappa shape index (κ3) is 3.15. The summed E-state index contributed by atoms with van der Waals surface area (Å²) in [5, 5.41) is 2.29. The molecule has 4 heteroatoms. The molecule has 0 atom stereocenters. The lowest BCUT2D eigenvalue weighted by Crippen LogP contribution is -2.32. The highest BCUT2D eigenvalue weighted by Gasteiger charge is 2.14. The van der Waals surface area contributed by atoms with Crippen LogP contribution in [0, 0.1) is 0 Å². The van der Waals surface area contributed by atoms with E-state index in [-0.39, 0.29) is 0 Å². The van der Waals surface area contributed by atoms with Crippen LogP contribution in [-0.4, -0.2) is 30.6 Å². The normalized spacial score (nSPS) is 11.1. The van der Waals surface area contributed by atoms with E-state index in [0.29, 0.717) is 11.9 Å². The SMILES string of the molecule is COc1ccc2c(N(CCCCl)C(C)C)nccc2c1. The molecule has 0 fully saturated rings. The summed E-state index contributed by atoms with van der Waals surface area (Å²) in [6.07, 6.45) is 2.81. The van der Waals surface area contributed by atoms with E-state index in [1.807, 2.05) is 24.4 Å². The predicted molar refractivity (Wildman–Crippen MR) is 86.1 cm³/mol. The van der Waals surface area contributed by atoms with E-state index in [2.05, 4.69) is 29.8 Å². The number of benzene rings is 1. The van der Waals surface area contributed by atoms with Gasteiger partial charge in [0, 0.05) is 30.0 Å². The average Bonchev–Trinajstić information content (AvgIpc) is 2.46. The van der Waals surface area contributed by atoms with Gasteiger partial charge in [-0.15, -0.1) is 11.6 Å². The second-order valence-corrected chi connectivity index (χ2v) is 5.43. The van der Waals surface area contributed by atoms with Gasteiger partial charge in [-0.3, -0.25) is 0 Å². The van der Waals surface area contributed by atoms with Crippen LogP contribution >= 0.6 is 11.6 Å². The number of alkyl halides is 1. The van der Waals surface area contributed by atoms with Crippen molar-refractivity contribution in [2.24, 2.45) is 0 Å². The van der Waals surface area contributed by atoms with Crippen molar-refractivity contribution in [3.63, 3.8) is 0 Å². The van der Waals surface area contributed by atoms with Gasteiger partial charge < -0.3 is 9.64 Å². The predicted octanol–water partition coefficient (Wildman–Crippen LogP) is 4.09. The van der Waals surface area contributed by atoms with Gasteiger partial charge in [-0.25, -0.2) is 4.98 Å². The highest BCUT2D eigenvalue weighted by Crippen LogP contribution is 2.28. The monoisotopic (exact) mass is 292 g/mol. The summed E-state index contributed by atoms with van der Waals surface area (Å²) in [5.41, 5.74) is 0. The molecule has 0 aliphatic rings. The molecule has 108 valence electrons. The lowest BCUT2D eigenvalue weighted by atomic mass is 10.1. The highest BCUT2D eigenvalue weighted by molar-refractivity contribution is 6.17. The molecule has 0 radical (unpaired) electrons. The molecular weight excluding hydrogens is 272 g/mol. The molecule has 1 heterocycles. The van der Waals surface area contributed by atoms with Crippen molar-refractivity contribution in [3.05, 3.63) is 30.5 Å². The lowest BCUT2D eigenvalue weighted by molar-refractivity contribution is 0.415. The van der Waals surface area contributed by atoms with E-state index in [1.54, 1.807) is 7.11 Å². The van der Waals surface area contributed by atoms with Crippen LogP contribution in [0.2, 0.25) is 0 Å². The number of nitrogens with zero attached hydrogens (tertiary/aromatic N) is 2. The maximum absolute atomic E-state index is 5.83. The molecule has 0 amide bonds. The number of hydrogen-bond donors (Lipinski definition) is 0. The molecule has 3 nitrogen and oxygen atoms in total. The van der Waals surface area contributed by atoms with Crippen LogP contribution < -0.4 is 9.64 Å². The van der Waals surface area contributed by atoms with E-state index in [4.69, 9.17) is 16.3 Å².